The summed E-state index contributed by atoms with van der Waals surface area (Å²) in [6.45, 7) is 6.11. The van der Waals surface area contributed by atoms with E-state index in [1.54, 1.807) is 0 Å². The summed E-state index contributed by atoms with van der Waals surface area (Å²) in [6, 6.07) is 0. The standard InChI is InChI=1S/C5H7FN2/c1-3-8-5(7)4(2)6/h3H,1-2H2,(H2,7,8). The van der Waals surface area contributed by atoms with Gasteiger partial charge >= 0.3 is 0 Å². The number of aliphatic imine (C=N–C) groups is 1. The molecule has 0 aliphatic rings. The van der Waals surface area contributed by atoms with E-state index in [0.717, 1.165) is 6.20 Å². The fraction of sp³-hybridized carbons (Fsp3) is 0. The van der Waals surface area contributed by atoms with E-state index < -0.39 is 5.83 Å². The van der Waals surface area contributed by atoms with Crippen molar-refractivity contribution in [3.8, 4) is 0 Å². The van der Waals surface area contributed by atoms with Crippen molar-refractivity contribution in [1.82, 2.24) is 0 Å². The molecule has 44 valence electrons. The molecule has 0 heterocycles. The molecule has 0 rings (SSSR count). The van der Waals surface area contributed by atoms with Crippen LogP contribution >= 0.6 is 0 Å². The predicted octanol–water partition coefficient (Wildman–Crippen LogP) is 0.970. The second-order valence-electron chi connectivity index (χ2n) is 1.10. The molecule has 0 atom stereocenters. The summed E-state index contributed by atoms with van der Waals surface area (Å²) in [4.78, 5) is 3.31. The molecule has 0 aromatic rings. The second kappa shape index (κ2) is 2.96. The zero-order chi connectivity index (χ0) is 6.57. The molecule has 0 unspecified atom stereocenters. The fourth-order valence-electron chi connectivity index (χ4n) is 0.168. The van der Waals surface area contributed by atoms with Gasteiger partial charge in [-0.3, -0.25) is 0 Å². The Labute approximate surface area is 47.2 Å². The maximum absolute atomic E-state index is 11.8. The molecular weight excluding hydrogens is 107 g/mol. The average molecular weight is 114 g/mol. The molecular formula is C5H7FN2. The van der Waals surface area contributed by atoms with Crippen LogP contribution in [-0.4, -0.2) is 5.84 Å². The zero-order valence-electron chi connectivity index (χ0n) is 4.39. The van der Waals surface area contributed by atoms with E-state index in [2.05, 4.69) is 18.2 Å². The molecule has 0 amide bonds. The first-order valence-electron chi connectivity index (χ1n) is 1.97. The monoisotopic (exact) mass is 114 g/mol. The van der Waals surface area contributed by atoms with Gasteiger partial charge in [-0.1, -0.05) is 13.2 Å². The first-order valence-corrected chi connectivity index (χ1v) is 1.97. The van der Waals surface area contributed by atoms with Gasteiger partial charge in [0.15, 0.2) is 11.7 Å². The molecule has 0 saturated heterocycles. The Bertz CT molecular complexity index is 137. The van der Waals surface area contributed by atoms with Crippen LogP contribution in [0.15, 0.2) is 30.2 Å². The second-order valence-corrected chi connectivity index (χ2v) is 1.10. The van der Waals surface area contributed by atoms with Crippen molar-refractivity contribution in [2.75, 3.05) is 0 Å². The van der Waals surface area contributed by atoms with Crippen molar-refractivity contribution in [3.05, 3.63) is 25.2 Å². The topological polar surface area (TPSA) is 38.4 Å². The molecule has 0 spiro atoms. The van der Waals surface area contributed by atoms with Crippen LogP contribution in [-0.2, 0) is 0 Å². The molecule has 0 aliphatic heterocycles. The lowest BCUT2D eigenvalue weighted by molar-refractivity contribution is 0.683. The van der Waals surface area contributed by atoms with Crippen LogP contribution in [0.2, 0.25) is 0 Å². The van der Waals surface area contributed by atoms with Crippen LogP contribution in [0.3, 0.4) is 0 Å². The lowest BCUT2D eigenvalue weighted by Crippen LogP contribution is -2.10. The number of hydrogen-bond donors (Lipinski definition) is 1. The summed E-state index contributed by atoms with van der Waals surface area (Å²) in [5, 5.41) is 0. The molecule has 2 nitrogen and oxygen atoms in total. The minimum Gasteiger partial charge on any atom is -0.381 e. The minimum atomic E-state index is -0.732. The number of hydrogen-bond acceptors (Lipinski definition) is 1. The van der Waals surface area contributed by atoms with Gasteiger partial charge in [-0.25, -0.2) is 9.38 Å². The van der Waals surface area contributed by atoms with E-state index in [4.69, 9.17) is 5.73 Å². The summed E-state index contributed by atoms with van der Waals surface area (Å²) in [6.07, 6.45) is 1.15. The molecule has 0 radical (unpaired) electrons. The highest BCUT2D eigenvalue weighted by Crippen LogP contribution is 1.89. The Morgan fingerprint density at radius 1 is 1.75 bits per heavy atom. The first kappa shape index (κ1) is 6.88. The number of nitrogens with zero attached hydrogens (tertiary/aromatic N) is 1. The van der Waals surface area contributed by atoms with E-state index in [1.807, 2.05) is 0 Å². The van der Waals surface area contributed by atoms with Crippen molar-refractivity contribution < 1.29 is 4.39 Å². The van der Waals surface area contributed by atoms with Gasteiger partial charge < -0.3 is 5.73 Å². The number of rotatable bonds is 2. The lowest BCUT2D eigenvalue weighted by atomic mass is 10.5. The van der Waals surface area contributed by atoms with E-state index >= 15 is 0 Å². The van der Waals surface area contributed by atoms with Crippen LogP contribution in [0.5, 0.6) is 0 Å². The van der Waals surface area contributed by atoms with E-state index in [-0.39, 0.29) is 5.84 Å². The SMILES string of the molecule is C=CN=C(N)C(=C)F. The Balaban J connectivity index is 3.99. The average Bonchev–Trinajstić information content (AvgIpc) is 1.67. The van der Waals surface area contributed by atoms with Crippen LogP contribution in [0.4, 0.5) is 4.39 Å². The first-order chi connectivity index (χ1) is 3.68. The fourth-order valence-corrected chi connectivity index (χ4v) is 0.168. The third-order valence-corrected chi connectivity index (χ3v) is 0.508. The van der Waals surface area contributed by atoms with Gasteiger partial charge in [0.1, 0.15) is 0 Å². The number of amidine groups is 1. The number of halogens is 1. The summed E-state index contributed by atoms with van der Waals surface area (Å²) in [5.74, 6) is -0.954. The molecule has 8 heavy (non-hydrogen) atoms. The lowest BCUT2D eigenvalue weighted by Gasteiger charge is -1.87. The van der Waals surface area contributed by atoms with Crippen molar-refractivity contribution in [1.29, 1.82) is 0 Å². The Morgan fingerprint density at radius 2 is 2.25 bits per heavy atom. The van der Waals surface area contributed by atoms with Gasteiger partial charge in [0.05, 0.1) is 0 Å². The molecule has 0 saturated carbocycles. The van der Waals surface area contributed by atoms with Crippen LogP contribution < -0.4 is 5.73 Å². The van der Waals surface area contributed by atoms with Crippen molar-refractivity contribution in [2.24, 2.45) is 10.7 Å². The van der Waals surface area contributed by atoms with Gasteiger partial charge in [0.25, 0.3) is 0 Å². The third kappa shape index (κ3) is 2.12. The molecule has 2 N–H and O–H groups in total. The van der Waals surface area contributed by atoms with Crippen LogP contribution in [0.25, 0.3) is 0 Å². The van der Waals surface area contributed by atoms with E-state index in [0.29, 0.717) is 0 Å². The van der Waals surface area contributed by atoms with Gasteiger partial charge in [0.2, 0.25) is 0 Å². The van der Waals surface area contributed by atoms with Gasteiger partial charge in [-0.05, 0) is 0 Å². The summed E-state index contributed by atoms with van der Waals surface area (Å²) < 4.78 is 11.8. The summed E-state index contributed by atoms with van der Waals surface area (Å²) in [7, 11) is 0. The maximum atomic E-state index is 11.8. The third-order valence-electron chi connectivity index (χ3n) is 0.508. The highest BCUT2D eigenvalue weighted by atomic mass is 19.1. The minimum absolute atomic E-state index is 0.222. The predicted molar refractivity (Wildman–Crippen MR) is 32.1 cm³/mol. The van der Waals surface area contributed by atoms with E-state index in [9.17, 15) is 4.39 Å². The zero-order valence-corrected chi connectivity index (χ0v) is 4.39. The Morgan fingerprint density at radius 3 is 2.38 bits per heavy atom. The summed E-state index contributed by atoms with van der Waals surface area (Å²) >= 11 is 0. The van der Waals surface area contributed by atoms with Crippen LogP contribution in [0.1, 0.15) is 0 Å². The van der Waals surface area contributed by atoms with Crippen molar-refractivity contribution >= 4 is 5.84 Å². The number of nitrogens with two attached hydrogens (primary N) is 1. The Kier molecular flexibility index (Phi) is 2.54. The molecule has 0 aliphatic carbocycles. The van der Waals surface area contributed by atoms with Gasteiger partial charge in [0, 0.05) is 6.20 Å². The molecule has 0 fully saturated rings. The van der Waals surface area contributed by atoms with Gasteiger partial charge in [-0.15, -0.1) is 0 Å². The highest BCUT2D eigenvalue weighted by molar-refractivity contribution is 5.94. The Hall–Kier alpha value is -1.12. The molecule has 0 aromatic carbocycles. The molecule has 0 aromatic heterocycles. The van der Waals surface area contributed by atoms with Gasteiger partial charge in [-0.2, -0.15) is 0 Å². The molecule has 0 bridgehead atoms. The largest absolute Gasteiger partial charge is 0.381 e. The smallest absolute Gasteiger partial charge is 0.158 e. The summed E-state index contributed by atoms with van der Waals surface area (Å²) in [5.41, 5.74) is 4.93. The molecule has 3 heteroatoms. The normalized spacial score (nSPS) is 10.9. The highest BCUT2D eigenvalue weighted by Gasteiger charge is 1.91. The quantitative estimate of drug-likeness (QED) is 0.421. The van der Waals surface area contributed by atoms with Crippen molar-refractivity contribution in [2.45, 2.75) is 0 Å². The van der Waals surface area contributed by atoms with Crippen LogP contribution in [0, 0.1) is 0 Å². The van der Waals surface area contributed by atoms with E-state index in [1.165, 1.54) is 0 Å². The maximum Gasteiger partial charge on any atom is 0.158 e. The van der Waals surface area contributed by atoms with Crippen molar-refractivity contribution in [3.63, 3.8) is 0 Å².